The van der Waals surface area contributed by atoms with E-state index in [0.29, 0.717) is 120 Å². The number of anilines is 4. The van der Waals surface area contributed by atoms with Gasteiger partial charge in [0.1, 0.15) is 34.7 Å². The monoisotopic (exact) mass is 1870 g/mol. The Balaban J connectivity index is 0.000000409. The van der Waals surface area contributed by atoms with Gasteiger partial charge in [-0.1, -0.05) is 0 Å². The number of hydrogen-bond donors (Lipinski definition) is 8. The molecule has 35 heteroatoms. The molecule has 0 aliphatic heterocycles. The predicted octanol–water partition coefficient (Wildman–Crippen LogP) is 17.2. The molecular weight excluding hydrogens is 1740 g/mol. The number of carbonyl (C=O) groups is 14. The topological polar surface area (TPSA) is 414 Å². The number of amides is 5. The summed E-state index contributed by atoms with van der Waals surface area (Å²) in [6.07, 6.45) is 5.66. The van der Waals surface area contributed by atoms with E-state index in [0.717, 1.165) is 40.7 Å². The van der Waals surface area contributed by atoms with E-state index in [1.807, 2.05) is 111 Å². The Kier molecular flexibility index (Phi) is 42.1. The second-order valence-electron chi connectivity index (χ2n) is 33.2. The quantitative estimate of drug-likeness (QED) is 0.00877. The Morgan fingerprint density at radius 3 is 0.932 bits per heavy atom. The van der Waals surface area contributed by atoms with Crippen LogP contribution in [0.1, 0.15) is 253 Å². The molecule has 0 unspecified atom stereocenters. The number of nitrogens with zero attached hydrogens (tertiary/aromatic N) is 5. The van der Waals surface area contributed by atoms with E-state index in [1.165, 1.54) is 83.8 Å². The number of rotatable bonds is 20. The van der Waals surface area contributed by atoms with Gasteiger partial charge in [0.2, 0.25) is 5.78 Å². The molecule has 0 aliphatic carbocycles. The molecule has 0 radical (unpaired) electrons. The van der Waals surface area contributed by atoms with Crippen molar-refractivity contribution in [2.24, 2.45) is 41.0 Å². The molecule has 6 heterocycles. The highest BCUT2D eigenvalue weighted by atomic mass is 35.5. The number of ketones is 4. The average Bonchev–Trinajstić information content (AvgIpc) is 1.64. The van der Waals surface area contributed by atoms with Crippen LogP contribution in [0.3, 0.4) is 0 Å². The molecule has 0 fully saturated rings. The SMILES string of the molecule is CC(=O)C(=O)Cl.CC(C)(C)N.CCOC(=O)C(=O)c1c(C)c(C(=O)Nc2ccc(F)c(C)c2)c(C)n1C.CCOC(=O)c1c(C)c[nH]c1C.CCOC(=O)c1c(C)cn(C)c1C.Cc1cc(NC(=O)c2c(C)c(C(=O)C(=O)NC(C)(C)C)n(C)c2C)ccc1F.Cc1cc(NC(=O)c2c(C)c(C(=O)C(=O)O)n(C)c2C)ccc1F.Cc1cc(NC(=O)c2c(C)cn(C)c2C)ccc1F. The van der Waals surface area contributed by atoms with Crippen LogP contribution in [0.15, 0.2) is 91.4 Å². The minimum Gasteiger partial charge on any atom is -0.475 e. The van der Waals surface area contributed by atoms with Gasteiger partial charge in [-0.05, 0) is 313 Å². The second kappa shape index (κ2) is 49.4. The first-order valence-corrected chi connectivity index (χ1v) is 42.2. The molecule has 6 aromatic heterocycles. The fourth-order valence-corrected chi connectivity index (χ4v) is 13.3. The van der Waals surface area contributed by atoms with Crippen molar-refractivity contribution in [1.82, 2.24) is 33.1 Å². The third-order valence-corrected chi connectivity index (χ3v) is 20.5. The van der Waals surface area contributed by atoms with Crippen molar-refractivity contribution in [3.8, 4) is 0 Å². The molecule has 0 spiro atoms. The van der Waals surface area contributed by atoms with Crippen LogP contribution in [0.2, 0.25) is 0 Å². The summed E-state index contributed by atoms with van der Waals surface area (Å²) in [6, 6.07) is 17.2. The second-order valence-corrected chi connectivity index (χ2v) is 33.6. The van der Waals surface area contributed by atoms with Crippen LogP contribution < -0.4 is 32.3 Å². The van der Waals surface area contributed by atoms with Gasteiger partial charge in [0.25, 0.3) is 52.1 Å². The van der Waals surface area contributed by atoms with Crippen molar-refractivity contribution in [3.63, 3.8) is 0 Å². The summed E-state index contributed by atoms with van der Waals surface area (Å²) >= 11 is 4.62. The number of carbonyl (C=O) groups excluding carboxylic acids is 13. The summed E-state index contributed by atoms with van der Waals surface area (Å²) < 4.78 is 76.2. The molecule has 5 amide bonds. The van der Waals surface area contributed by atoms with Crippen LogP contribution in [-0.4, -0.2) is 146 Å². The maximum atomic E-state index is 13.4. The third kappa shape index (κ3) is 31.4. The Hall–Kier alpha value is -13.9. The van der Waals surface area contributed by atoms with Crippen molar-refractivity contribution in [2.45, 2.75) is 191 Å². The average molecular weight is 1870 g/mol. The largest absolute Gasteiger partial charge is 0.475 e. The van der Waals surface area contributed by atoms with Gasteiger partial charge in [-0.3, -0.25) is 47.9 Å². The number of benzene rings is 4. The van der Waals surface area contributed by atoms with Crippen molar-refractivity contribution >= 4 is 116 Å². The molecule has 10 aromatic rings. The number of esters is 3. The van der Waals surface area contributed by atoms with Crippen molar-refractivity contribution in [2.75, 3.05) is 41.1 Å². The van der Waals surface area contributed by atoms with Crippen LogP contribution in [0.25, 0.3) is 0 Å². The molecule has 0 saturated carbocycles. The molecule has 10 rings (SSSR count). The number of nitrogens with one attached hydrogen (secondary N) is 6. The van der Waals surface area contributed by atoms with Gasteiger partial charge >= 0.3 is 23.9 Å². The number of carboxylic acids is 1. The van der Waals surface area contributed by atoms with Gasteiger partial charge < -0.3 is 79.5 Å². The molecule has 0 bridgehead atoms. The normalized spacial score (nSPS) is 10.5. The smallest absolute Gasteiger partial charge is 0.381 e. The van der Waals surface area contributed by atoms with Gasteiger partial charge in [0, 0.05) is 129 Å². The molecule has 0 atom stereocenters. The standard InChI is InChI=1S/C21H26FN3O3.C19H21FN2O4.C17H17FN2O4.C15H17FN2O.C10H15NO2.C9H13NO2.C4H11N.C3H3ClO2/c1-11-10-14(8-9-15(11)22)23-19(27)16-12(2)17(25(7)13(16)3)18(26)20(28)24-21(4,5)6;1-6-26-19(25)17(23)16-11(3)15(12(4)22(16)5)18(24)21-13-7-8-14(20)10(2)9-13;1-8-7-11(5-6-12(8)18)19-16(22)13-9(2)14(15(21)17(23)24)20(4)10(13)3;1-9-7-12(5-6-13(9)16)17-15(19)14-10(2)8-18(4)11(14)3;1-5-13-10(12)9-7(2)6-11(4)8(9)3;1-4-12-9(11)8-6(2)5-10-7(8)3;1-4(2,3)5;1-2(5)3(4)6/h8-10H,1-7H3,(H,23,27)(H,24,28);7-9H,6H2,1-5H3,(H,21,24);5-7H,1-4H3,(H,19,22)(H,23,24);5-8H,1-4H3,(H,17,19);6H,5H2,1-4H3;5,10H,4H2,1-3H3;5H2,1-3H3;1H3. The van der Waals surface area contributed by atoms with E-state index >= 15 is 0 Å². The van der Waals surface area contributed by atoms with Gasteiger partial charge in [-0.2, -0.15) is 0 Å². The Morgan fingerprint density at radius 2 is 0.684 bits per heavy atom. The van der Waals surface area contributed by atoms with Crippen molar-refractivity contribution < 1.29 is 104 Å². The van der Waals surface area contributed by atoms with Gasteiger partial charge in [0.15, 0.2) is 0 Å². The Bertz CT molecular complexity index is 6040. The Labute approximate surface area is 777 Å². The van der Waals surface area contributed by atoms with E-state index in [4.69, 9.17) is 25.1 Å². The number of hydrogen-bond acceptors (Lipinski definition) is 18. The highest BCUT2D eigenvalue weighted by Crippen LogP contribution is 2.30. The van der Waals surface area contributed by atoms with Gasteiger partial charge in [-0.25, -0.2) is 36.7 Å². The molecular formula is C98H123ClF4N12O18. The van der Waals surface area contributed by atoms with Crippen LogP contribution >= 0.6 is 11.6 Å². The molecule has 0 aliphatic rings. The van der Waals surface area contributed by atoms with Gasteiger partial charge in [0.05, 0.1) is 58.9 Å². The van der Waals surface area contributed by atoms with Crippen molar-refractivity contribution in [3.05, 3.63) is 255 Å². The summed E-state index contributed by atoms with van der Waals surface area (Å²) in [5.41, 5.74) is 19.7. The molecule has 718 valence electrons. The molecule has 0 saturated heterocycles. The summed E-state index contributed by atoms with van der Waals surface area (Å²) in [5, 5.41) is 21.5. The number of aliphatic carboxylic acids is 1. The number of aryl methyl sites for hydroxylation is 10. The molecule has 30 nitrogen and oxygen atoms in total. The number of ether oxygens (including phenoxy) is 3. The lowest BCUT2D eigenvalue weighted by Crippen LogP contribution is -2.44. The minimum absolute atomic E-state index is 0. The molecule has 133 heavy (non-hydrogen) atoms. The zero-order valence-corrected chi connectivity index (χ0v) is 82.1. The zero-order chi connectivity index (χ0) is 102. The van der Waals surface area contributed by atoms with E-state index in [-0.39, 0.29) is 75.9 Å². The first-order valence-electron chi connectivity index (χ1n) is 41.8. The van der Waals surface area contributed by atoms with Gasteiger partial charge in [-0.15, -0.1) is 0 Å². The maximum absolute atomic E-state index is 13.4. The fourth-order valence-electron chi connectivity index (χ4n) is 13.3. The fraction of sp³-hybridized carbons (Fsp3) is 0.367. The minimum atomic E-state index is -1.58. The maximum Gasteiger partial charge on any atom is 0.381 e. The lowest BCUT2D eigenvalue weighted by atomic mass is 10.1. The summed E-state index contributed by atoms with van der Waals surface area (Å²) in [5.74, 6) is -9.82. The number of nitrogens with two attached hydrogens (primary N) is 1. The number of Topliss-reactive ketones (excluding diaryl/α,β-unsaturated/α-hetero) is 4. The lowest BCUT2D eigenvalue weighted by molar-refractivity contribution is -0.137. The Morgan fingerprint density at radius 1 is 0.406 bits per heavy atom. The zero-order valence-electron chi connectivity index (χ0n) is 81.4. The van der Waals surface area contributed by atoms with E-state index in [2.05, 4.69) is 43.2 Å². The van der Waals surface area contributed by atoms with E-state index in [1.54, 1.807) is 128 Å². The van der Waals surface area contributed by atoms with Crippen LogP contribution in [0.4, 0.5) is 40.3 Å². The first-order chi connectivity index (χ1) is 61.4. The van der Waals surface area contributed by atoms with Crippen LogP contribution in [0, 0.1) is 134 Å². The highest BCUT2D eigenvalue weighted by molar-refractivity contribution is 6.81. The lowest BCUT2D eigenvalue weighted by Gasteiger charge is -2.20. The third-order valence-electron chi connectivity index (χ3n) is 20.2. The highest BCUT2D eigenvalue weighted by Gasteiger charge is 2.34. The summed E-state index contributed by atoms with van der Waals surface area (Å²) in [7, 11) is 8.59. The number of carboxylic acid groups (broad SMARTS) is 1. The number of aromatic nitrogens is 6. The van der Waals surface area contributed by atoms with Crippen molar-refractivity contribution in [1.29, 1.82) is 0 Å². The summed E-state index contributed by atoms with van der Waals surface area (Å²) in [6.45, 7) is 46.1. The number of H-pyrrole nitrogens is 1. The molecule has 4 aromatic carbocycles. The first kappa shape index (κ1) is 113. The summed E-state index contributed by atoms with van der Waals surface area (Å²) in [4.78, 5) is 167. The van der Waals surface area contributed by atoms with E-state index < -0.39 is 69.5 Å². The number of halogens is 5. The molecule has 9 N–H and O–H groups in total. The predicted molar refractivity (Wildman–Crippen MR) is 504 cm³/mol. The van der Waals surface area contributed by atoms with Crippen LogP contribution in [-0.2, 0) is 73.4 Å². The van der Waals surface area contributed by atoms with Crippen LogP contribution in [0.5, 0.6) is 0 Å². The van der Waals surface area contributed by atoms with E-state index in [9.17, 15) is 84.7 Å². The number of aromatic amines is 1.